The maximum Gasteiger partial charge on any atom is 0.275 e. The Bertz CT molecular complexity index is 951. The molecule has 3 rings (SSSR count). The van der Waals surface area contributed by atoms with Gasteiger partial charge in [-0.3, -0.25) is 4.79 Å². The normalized spacial score (nSPS) is 10.6. The van der Waals surface area contributed by atoms with Gasteiger partial charge in [0.2, 0.25) is 0 Å². The van der Waals surface area contributed by atoms with Gasteiger partial charge in [0.15, 0.2) is 0 Å². The van der Waals surface area contributed by atoms with E-state index in [1.807, 2.05) is 70.2 Å². The van der Waals surface area contributed by atoms with Gasteiger partial charge < -0.3 is 15.4 Å². The van der Waals surface area contributed by atoms with E-state index in [1.165, 1.54) is 12.4 Å². The van der Waals surface area contributed by atoms with Crippen LogP contribution >= 0.6 is 0 Å². The summed E-state index contributed by atoms with van der Waals surface area (Å²) in [4.78, 5) is 20.9. The zero-order valence-corrected chi connectivity index (χ0v) is 16.5. The van der Waals surface area contributed by atoms with Gasteiger partial charge in [0.1, 0.15) is 17.3 Å². The summed E-state index contributed by atoms with van der Waals surface area (Å²) in [7, 11) is 0. The van der Waals surface area contributed by atoms with Gasteiger partial charge in [-0.25, -0.2) is 9.97 Å². The van der Waals surface area contributed by atoms with Crippen molar-refractivity contribution < 1.29 is 9.53 Å². The predicted octanol–water partition coefficient (Wildman–Crippen LogP) is 4.88. The zero-order chi connectivity index (χ0) is 20.1. The highest BCUT2D eigenvalue weighted by Gasteiger charge is 2.10. The van der Waals surface area contributed by atoms with E-state index in [9.17, 15) is 4.79 Å². The summed E-state index contributed by atoms with van der Waals surface area (Å²) < 4.78 is 5.63. The molecule has 6 nitrogen and oxygen atoms in total. The minimum absolute atomic E-state index is 0.131. The highest BCUT2D eigenvalue weighted by Crippen LogP contribution is 2.20. The van der Waals surface area contributed by atoms with Crippen molar-refractivity contribution in [2.75, 3.05) is 10.6 Å². The summed E-state index contributed by atoms with van der Waals surface area (Å²) in [6, 6.07) is 13.5. The standard InChI is InChI=1S/C22H24N4O2/c1-14(2)28-18-9-7-17(8-10-18)25-21-13-23-20(12-24-21)22(27)26-19-11-15(3)5-6-16(19)4/h5-14H,1-4H3,(H,24,25)(H,26,27). The third kappa shape index (κ3) is 5.07. The number of hydrogen-bond acceptors (Lipinski definition) is 5. The summed E-state index contributed by atoms with van der Waals surface area (Å²) in [5.74, 6) is 1.08. The van der Waals surface area contributed by atoms with Gasteiger partial charge in [0.05, 0.1) is 18.5 Å². The molecule has 0 atom stereocenters. The lowest BCUT2D eigenvalue weighted by atomic mass is 10.1. The molecule has 144 valence electrons. The molecule has 1 aromatic heterocycles. The number of benzene rings is 2. The molecule has 0 saturated heterocycles. The van der Waals surface area contributed by atoms with Crippen LogP contribution < -0.4 is 15.4 Å². The minimum atomic E-state index is -0.289. The number of nitrogens with one attached hydrogen (secondary N) is 2. The fourth-order valence-electron chi connectivity index (χ4n) is 2.60. The Labute approximate surface area is 165 Å². The van der Waals surface area contributed by atoms with Crippen molar-refractivity contribution in [1.82, 2.24) is 9.97 Å². The van der Waals surface area contributed by atoms with Crippen molar-refractivity contribution in [3.05, 3.63) is 71.7 Å². The van der Waals surface area contributed by atoms with Gasteiger partial charge in [0.25, 0.3) is 5.91 Å². The first-order chi connectivity index (χ1) is 13.4. The molecule has 6 heteroatoms. The largest absolute Gasteiger partial charge is 0.491 e. The molecule has 3 aromatic rings. The molecular weight excluding hydrogens is 352 g/mol. The Morgan fingerprint density at radius 3 is 2.39 bits per heavy atom. The fourth-order valence-corrected chi connectivity index (χ4v) is 2.60. The van der Waals surface area contributed by atoms with Crippen molar-refractivity contribution in [3.8, 4) is 5.75 Å². The topological polar surface area (TPSA) is 76.1 Å². The first kappa shape index (κ1) is 19.4. The van der Waals surface area contributed by atoms with Crippen LogP contribution in [0.2, 0.25) is 0 Å². The Kier molecular flexibility index (Phi) is 5.89. The minimum Gasteiger partial charge on any atom is -0.491 e. The highest BCUT2D eigenvalue weighted by atomic mass is 16.5. The van der Waals surface area contributed by atoms with Crippen LogP contribution in [0.25, 0.3) is 0 Å². The van der Waals surface area contributed by atoms with E-state index < -0.39 is 0 Å². The van der Waals surface area contributed by atoms with Crippen LogP contribution in [0.3, 0.4) is 0 Å². The van der Waals surface area contributed by atoms with E-state index in [2.05, 4.69) is 20.6 Å². The lowest BCUT2D eigenvalue weighted by Crippen LogP contribution is -2.15. The average Bonchev–Trinajstić information content (AvgIpc) is 2.66. The lowest BCUT2D eigenvalue weighted by Gasteiger charge is -2.11. The third-order valence-corrected chi connectivity index (χ3v) is 4.02. The van der Waals surface area contributed by atoms with Crippen LogP contribution in [-0.2, 0) is 0 Å². The third-order valence-electron chi connectivity index (χ3n) is 4.02. The molecule has 0 unspecified atom stereocenters. The number of aromatic nitrogens is 2. The Balaban J connectivity index is 1.64. The number of aryl methyl sites for hydroxylation is 2. The summed E-state index contributed by atoms with van der Waals surface area (Å²) in [6.07, 6.45) is 3.13. The summed E-state index contributed by atoms with van der Waals surface area (Å²) in [6.45, 7) is 7.90. The number of amides is 1. The number of hydrogen-bond donors (Lipinski definition) is 2. The van der Waals surface area contributed by atoms with Crippen molar-refractivity contribution >= 4 is 23.1 Å². The molecule has 28 heavy (non-hydrogen) atoms. The smallest absolute Gasteiger partial charge is 0.275 e. The second-order valence-corrected chi connectivity index (χ2v) is 6.88. The molecule has 2 N–H and O–H groups in total. The summed E-state index contributed by atoms with van der Waals surface area (Å²) in [5.41, 5.74) is 3.97. The molecule has 0 bridgehead atoms. The molecule has 0 radical (unpaired) electrons. The molecule has 1 heterocycles. The Morgan fingerprint density at radius 1 is 1.00 bits per heavy atom. The molecule has 0 spiro atoms. The van der Waals surface area contributed by atoms with Gasteiger partial charge in [-0.2, -0.15) is 0 Å². The first-order valence-electron chi connectivity index (χ1n) is 9.15. The number of ether oxygens (including phenoxy) is 1. The maximum absolute atomic E-state index is 12.4. The van der Waals surface area contributed by atoms with Gasteiger partial charge in [-0.1, -0.05) is 12.1 Å². The van der Waals surface area contributed by atoms with E-state index in [-0.39, 0.29) is 17.7 Å². The fraction of sp³-hybridized carbons (Fsp3) is 0.227. The van der Waals surface area contributed by atoms with E-state index in [0.717, 1.165) is 28.3 Å². The number of carbonyl (C=O) groups excluding carboxylic acids is 1. The van der Waals surface area contributed by atoms with Crippen LogP contribution in [-0.4, -0.2) is 22.0 Å². The number of anilines is 3. The van der Waals surface area contributed by atoms with Crippen molar-refractivity contribution in [1.29, 1.82) is 0 Å². The summed E-state index contributed by atoms with van der Waals surface area (Å²) in [5, 5.41) is 6.04. The van der Waals surface area contributed by atoms with Crippen molar-refractivity contribution in [3.63, 3.8) is 0 Å². The number of nitrogens with zero attached hydrogens (tertiary/aromatic N) is 2. The SMILES string of the molecule is Cc1ccc(C)c(NC(=O)c2cnc(Nc3ccc(OC(C)C)cc3)cn2)c1. The second-order valence-electron chi connectivity index (χ2n) is 6.88. The highest BCUT2D eigenvalue weighted by molar-refractivity contribution is 6.03. The molecule has 0 saturated carbocycles. The first-order valence-corrected chi connectivity index (χ1v) is 9.15. The van der Waals surface area contributed by atoms with Crippen LogP contribution in [0.4, 0.5) is 17.2 Å². The number of rotatable bonds is 6. The molecule has 2 aromatic carbocycles. The molecule has 0 fully saturated rings. The van der Waals surface area contributed by atoms with Crippen molar-refractivity contribution in [2.45, 2.75) is 33.8 Å². The number of carbonyl (C=O) groups is 1. The Hall–Kier alpha value is -3.41. The molecule has 0 aliphatic heterocycles. The molecular formula is C22H24N4O2. The second kappa shape index (κ2) is 8.52. The molecule has 1 amide bonds. The zero-order valence-electron chi connectivity index (χ0n) is 16.5. The van der Waals surface area contributed by atoms with Crippen molar-refractivity contribution in [2.24, 2.45) is 0 Å². The van der Waals surface area contributed by atoms with E-state index in [1.54, 1.807) is 0 Å². The predicted molar refractivity (Wildman–Crippen MR) is 111 cm³/mol. The van der Waals surface area contributed by atoms with Crippen LogP contribution in [0.1, 0.15) is 35.5 Å². The Morgan fingerprint density at radius 2 is 1.75 bits per heavy atom. The van der Waals surface area contributed by atoms with Crippen LogP contribution in [0.5, 0.6) is 5.75 Å². The molecule has 0 aliphatic carbocycles. The van der Waals surface area contributed by atoms with E-state index in [4.69, 9.17) is 4.74 Å². The van der Waals surface area contributed by atoms with Gasteiger partial charge in [-0.05, 0) is 69.2 Å². The maximum atomic E-state index is 12.4. The van der Waals surface area contributed by atoms with Gasteiger partial charge >= 0.3 is 0 Å². The molecule has 0 aliphatic rings. The van der Waals surface area contributed by atoms with E-state index >= 15 is 0 Å². The lowest BCUT2D eigenvalue weighted by molar-refractivity contribution is 0.102. The van der Waals surface area contributed by atoms with E-state index in [0.29, 0.717) is 5.82 Å². The summed E-state index contributed by atoms with van der Waals surface area (Å²) >= 11 is 0. The monoisotopic (exact) mass is 376 g/mol. The average molecular weight is 376 g/mol. The van der Waals surface area contributed by atoms with Gasteiger partial charge in [0, 0.05) is 11.4 Å². The van der Waals surface area contributed by atoms with Crippen LogP contribution in [0.15, 0.2) is 54.9 Å². The quantitative estimate of drug-likeness (QED) is 0.641. The van der Waals surface area contributed by atoms with Gasteiger partial charge in [-0.15, -0.1) is 0 Å². The van der Waals surface area contributed by atoms with Crippen LogP contribution in [0, 0.1) is 13.8 Å².